The van der Waals surface area contributed by atoms with Crippen LogP contribution in [0.25, 0.3) is 0 Å². The molecule has 3 aliphatic heterocycles. The number of carbonyl (C=O) groups is 3. The highest BCUT2D eigenvalue weighted by molar-refractivity contribution is 6.04. The first-order chi connectivity index (χ1) is 12.6. The van der Waals surface area contributed by atoms with Crippen molar-refractivity contribution in [3.8, 4) is 0 Å². The van der Waals surface area contributed by atoms with E-state index in [1.807, 2.05) is 37.3 Å². The van der Waals surface area contributed by atoms with E-state index in [0.717, 1.165) is 23.7 Å². The van der Waals surface area contributed by atoms with Crippen LogP contribution in [0, 0.1) is 0 Å². The summed E-state index contributed by atoms with van der Waals surface area (Å²) >= 11 is 0. The van der Waals surface area contributed by atoms with Gasteiger partial charge in [-0.05, 0) is 19.1 Å². The zero-order valence-corrected chi connectivity index (χ0v) is 15.0. The van der Waals surface area contributed by atoms with Crippen molar-refractivity contribution in [1.29, 1.82) is 0 Å². The average molecular weight is 357 g/mol. The molecule has 7 nitrogen and oxygen atoms in total. The van der Waals surface area contributed by atoms with Crippen molar-refractivity contribution in [3.63, 3.8) is 0 Å². The second-order valence-corrected chi connectivity index (χ2v) is 7.35. The first-order valence-corrected chi connectivity index (χ1v) is 9.36. The maximum atomic E-state index is 12.7. The molecule has 2 N–H and O–H groups in total. The van der Waals surface area contributed by atoms with Crippen molar-refractivity contribution in [2.75, 3.05) is 31.2 Å². The van der Waals surface area contributed by atoms with Gasteiger partial charge < -0.3 is 15.1 Å². The molecular formula is C19H25N4O3+. The number of hydrogen-bond acceptors (Lipinski definition) is 4. The second kappa shape index (κ2) is 6.39. The molecule has 3 aliphatic rings. The number of likely N-dealkylation sites (N-methyl/N-ethyl adjacent to an activating group) is 1. The van der Waals surface area contributed by atoms with E-state index in [2.05, 4.69) is 10.2 Å². The number of rotatable bonds is 3. The first kappa shape index (κ1) is 17.0. The van der Waals surface area contributed by atoms with Gasteiger partial charge in [0.1, 0.15) is 5.54 Å². The summed E-state index contributed by atoms with van der Waals surface area (Å²) in [5.41, 5.74) is 0.500. The highest BCUT2D eigenvalue weighted by Gasteiger charge is 2.54. The summed E-state index contributed by atoms with van der Waals surface area (Å²) in [4.78, 5) is 41.9. The third-order valence-electron chi connectivity index (χ3n) is 6.18. The number of hydrogen-bond donors (Lipinski definition) is 2. The summed E-state index contributed by atoms with van der Waals surface area (Å²) in [6.07, 6.45) is 1.67. The molecule has 0 aromatic heterocycles. The number of quaternary nitrogens is 1. The topological polar surface area (TPSA) is 74.2 Å². The maximum absolute atomic E-state index is 12.7. The summed E-state index contributed by atoms with van der Waals surface area (Å²) in [6, 6.07) is 9.70. The molecule has 4 rings (SSSR count). The van der Waals surface area contributed by atoms with Crippen LogP contribution in [0.2, 0.25) is 0 Å². The molecule has 0 radical (unpaired) electrons. The van der Waals surface area contributed by atoms with E-state index in [-0.39, 0.29) is 23.8 Å². The van der Waals surface area contributed by atoms with Crippen LogP contribution in [0.15, 0.2) is 30.3 Å². The number of anilines is 1. The predicted molar refractivity (Wildman–Crippen MR) is 95.4 cm³/mol. The first-order valence-electron chi connectivity index (χ1n) is 9.36. The Balaban J connectivity index is 1.51. The fourth-order valence-corrected chi connectivity index (χ4v) is 4.70. The molecule has 7 heteroatoms. The third kappa shape index (κ3) is 2.49. The summed E-state index contributed by atoms with van der Waals surface area (Å²) in [6.45, 7) is 4.23. The van der Waals surface area contributed by atoms with E-state index in [1.165, 1.54) is 4.90 Å². The molecule has 3 saturated heterocycles. The van der Waals surface area contributed by atoms with Crippen molar-refractivity contribution in [2.24, 2.45) is 0 Å². The maximum Gasteiger partial charge on any atom is 0.287 e. The van der Waals surface area contributed by atoms with Crippen LogP contribution in [0.1, 0.15) is 26.2 Å². The molecule has 1 aromatic carbocycles. The van der Waals surface area contributed by atoms with Crippen molar-refractivity contribution in [2.45, 2.75) is 37.8 Å². The van der Waals surface area contributed by atoms with Crippen LogP contribution in [-0.2, 0) is 14.4 Å². The van der Waals surface area contributed by atoms with Gasteiger partial charge in [-0.2, -0.15) is 0 Å². The molecule has 138 valence electrons. The van der Waals surface area contributed by atoms with E-state index in [0.29, 0.717) is 32.5 Å². The Bertz CT molecular complexity index is 728. The lowest BCUT2D eigenvalue weighted by Crippen LogP contribution is -3.18. The Hall–Kier alpha value is -2.41. The Morgan fingerprint density at radius 3 is 2.46 bits per heavy atom. The SMILES string of the molecule is CCN1C(=O)C[C@@H]([NH+]2CCC3(CC2)C(=O)NCN3c2ccccc2)C1=O. The molecule has 1 spiro atoms. The predicted octanol–water partition coefficient (Wildman–Crippen LogP) is -0.855. The van der Waals surface area contributed by atoms with Gasteiger partial charge in [0.15, 0.2) is 6.04 Å². The Morgan fingerprint density at radius 1 is 1.15 bits per heavy atom. The van der Waals surface area contributed by atoms with E-state index >= 15 is 0 Å². The lowest BCUT2D eigenvalue weighted by atomic mass is 9.85. The molecule has 1 atom stereocenters. The average Bonchev–Trinajstić information content (AvgIpc) is 3.13. The summed E-state index contributed by atoms with van der Waals surface area (Å²) in [5, 5.41) is 2.99. The van der Waals surface area contributed by atoms with Crippen molar-refractivity contribution in [1.82, 2.24) is 10.2 Å². The highest BCUT2D eigenvalue weighted by atomic mass is 16.2. The minimum atomic E-state index is -0.541. The lowest BCUT2D eigenvalue weighted by Gasteiger charge is -2.42. The van der Waals surface area contributed by atoms with Gasteiger partial charge in [0.05, 0.1) is 26.2 Å². The van der Waals surface area contributed by atoms with Crippen LogP contribution in [0.5, 0.6) is 0 Å². The van der Waals surface area contributed by atoms with Crippen LogP contribution in [0.3, 0.4) is 0 Å². The van der Waals surface area contributed by atoms with Crippen molar-refractivity contribution >= 4 is 23.4 Å². The number of nitrogens with one attached hydrogen (secondary N) is 2. The number of nitrogens with zero attached hydrogens (tertiary/aromatic N) is 2. The van der Waals surface area contributed by atoms with Gasteiger partial charge in [0.25, 0.3) is 5.91 Å². The number of imide groups is 1. The number of carbonyl (C=O) groups excluding carboxylic acids is 3. The molecule has 26 heavy (non-hydrogen) atoms. The Kier molecular flexibility index (Phi) is 4.19. The molecule has 1 aromatic rings. The minimum absolute atomic E-state index is 0.0563. The summed E-state index contributed by atoms with van der Waals surface area (Å²) in [5.74, 6) is -0.0524. The van der Waals surface area contributed by atoms with Gasteiger partial charge in [-0.15, -0.1) is 0 Å². The largest absolute Gasteiger partial charge is 0.339 e. The molecular weight excluding hydrogens is 332 g/mol. The van der Waals surface area contributed by atoms with Gasteiger partial charge in [0, 0.05) is 25.1 Å². The Labute approximate surface area is 152 Å². The number of para-hydroxylation sites is 1. The van der Waals surface area contributed by atoms with Crippen LogP contribution in [0.4, 0.5) is 5.69 Å². The number of piperidine rings is 1. The summed E-state index contributed by atoms with van der Waals surface area (Å²) in [7, 11) is 0. The van der Waals surface area contributed by atoms with Gasteiger partial charge >= 0.3 is 0 Å². The normalized spacial score (nSPS) is 31.8. The monoisotopic (exact) mass is 357 g/mol. The van der Waals surface area contributed by atoms with Gasteiger partial charge in [-0.25, -0.2) is 0 Å². The highest BCUT2D eigenvalue weighted by Crippen LogP contribution is 2.33. The molecule has 0 unspecified atom stereocenters. The van der Waals surface area contributed by atoms with Gasteiger partial charge in [-0.1, -0.05) is 18.2 Å². The van der Waals surface area contributed by atoms with Crippen molar-refractivity contribution < 1.29 is 19.3 Å². The smallest absolute Gasteiger partial charge is 0.287 e. The minimum Gasteiger partial charge on any atom is -0.339 e. The lowest BCUT2D eigenvalue weighted by molar-refractivity contribution is -0.920. The molecule has 3 fully saturated rings. The third-order valence-corrected chi connectivity index (χ3v) is 6.18. The molecule has 3 heterocycles. The second-order valence-electron chi connectivity index (χ2n) is 7.35. The van der Waals surface area contributed by atoms with Crippen LogP contribution in [-0.4, -0.2) is 60.5 Å². The number of amides is 3. The van der Waals surface area contributed by atoms with Crippen LogP contribution >= 0.6 is 0 Å². The molecule has 0 bridgehead atoms. The summed E-state index contributed by atoms with van der Waals surface area (Å²) < 4.78 is 0. The molecule has 3 amide bonds. The molecule has 0 saturated carbocycles. The van der Waals surface area contributed by atoms with E-state index in [4.69, 9.17) is 0 Å². The standard InChI is InChI=1S/C19H24N4O3/c1-2-22-16(24)12-15(17(22)25)21-10-8-19(9-11-21)18(26)20-13-23(19)14-6-4-3-5-7-14/h3-7,15H,2,8-13H2,1H3,(H,20,26)/p+1/t15-/m1/s1. The number of benzene rings is 1. The fourth-order valence-electron chi connectivity index (χ4n) is 4.70. The fraction of sp³-hybridized carbons (Fsp3) is 0.526. The van der Waals surface area contributed by atoms with Crippen LogP contribution < -0.4 is 15.1 Å². The van der Waals surface area contributed by atoms with E-state index in [1.54, 1.807) is 0 Å². The van der Waals surface area contributed by atoms with Gasteiger partial charge in [-0.3, -0.25) is 19.3 Å². The quantitative estimate of drug-likeness (QED) is 0.691. The zero-order chi connectivity index (χ0) is 18.3. The van der Waals surface area contributed by atoms with Crippen molar-refractivity contribution in [3.05, 3.63) is 30.3 Å². The Morgan fingerprint density at radius 2 is 1.85 bits per heavy atom. The number of likely N-dealkylation sites (tertiary alicyclic amines) is 2. The van der Waals surface area contributed by atoms with E-state index in [9.17, 15) is 14.4 Å². The van der Waals surface area contributed by atoms with E-state index < -0.39 is 5.54 Å². The molecule has 0 aliphatic carbocycles. The zero-order valence-electron chi connectivity index (χ0n) is 15.0. The van der Waals surface area contributed by atoms with Gasteiger partial charge in [0.2, 0.25) is 11.8 Å².